The third-order valence-electron chi connectivity index (χ3n) is 1.45. The Hall–Kier alpha value is -2.09. The van der Waals surface area contributed by atoms with Crippen molar-refractivity contribution in [3.05, 3.63) is 29.6 Å². The van der Waals surface area contributed by atoms with Crippen LogP contribution in [-0.4, -0.2) is 16.0 Å². The maximum Gasteiger partial charge on any atom is 0.143 e. The smallest absolute Gasteiger partial charge is 0.143 e. The second-order valence-corrected chi connectivity index (χ2v) is 2.43. The van der Waals surface area contributed by atoms with Crippen LogP contribution in [-0.2, 0) is 6.42 Å². The molecule has 0 aliphatic heterocycles. The fourth-order valence-electron chi connectivity index (χ4n) is 0.890. The zero-order valence-electron chi connectivity index (χ0n) is 6.81. The molecule has 1 rings (SSSR count). The Labute approximate surface area is 75.1 Å². The molecular formula is C8H8N4O. The maximum absolute atomic E-state index is 8.53. The monoisotopic (exact) mass is 176 g/mol. The van der Waals surface area contributed by atoms with Crippen LogP contribution in [0.3, 0.4) is 0 Å². The summed E-state index contributed by atoms with van der Waals surface area (Å²) in [5, 5.41) is 19.7. The zero-order valence-corrected chi connectivity index (χ0v) is 6.81. The van der Waals surface area contributed by atoms with Crippen LogP contribution in [0.2, 0.25) is 0 Å². The first kappa shape index (κ1) is 9.00. The number of nitrogens with zero attached hydrogens (tertiary/aromatic N) is 3. The van der Waals surface area contributed by atoms with Gasteiger partial charge in [-0.15, -0.1) is 0 Å². The number of nitriles is 1. The molecule has 0 spiro atoms. The molecule has 0 aliphatic rings. The summed E-state index contributed by atoms with van der Waals surface area (Å²) in [6.07, 6.45) is 1.83. The largest absolute Gasteiger partial charge is 0.409 e. The predicted octanol–water partition coefficient (Wildman–Crippen LogP) is 0.242. The lowest BCUT2D eigenvalue weighted by atomic mass is 10.1. The van der Waals surface area contributed by atoms with Crippen molar-refractivity contribution in [1.82, 2.24) is 4.98 Å². The van der Waals surface area contributed by atoms with Gasteiger partial charge in [0.05, 0.1) is 0 Å². The van der Waals surface area contributed by atoms with E-state index in [0.29, 0.717) is 12.1 Å². The lowest BCUT2D eigenvalue weighted by Gasteiger charge is -1.98. The molecule has 0 aliphatic carbocycles. The third-order valence-corrected chi connectivity index (χ3v) is 1.45. The van der Waals surface area contributed by atoms with Crippen molar-refractivity contribution in [3.8, 4) is 6.07 Å². The Kier molecular flexibility index (Phi) is 2.82. The van der Waals surface area contributed by atoms with E-state index in [1.165, 1.54) is 6.20 Å². The summed E-state index contributed by atoms with van der Waals surface area (Å²) in [6.45, 7) is 0. The number of hydrogen-bond donors (Lipinski definition) is 2. The van der Waals surface area contributed by atoms with Crippen LogP contribution >= 0.6 is 0 Å². The number of amidine groups is 1. The normalized spacial score (nSPS) is 10.8. The van der Waals surface area contributed by atoms with Gasteiger partial charge in [0, 0.05) is 12.6 Å². The molecular weight excluding hydrogens is 168 g/mol. The third kappa shape index (κ3) is 2.45. The summed E-state index contributed by atoms with van der Waals surface area (Å²) in [5.41, 5.74) is 6.41. The summed E-state index contributed by atoms with van der Waals surface area (Å²) < 4.78 is 0. The van der Waals surface area contributed by atoms with Gasteiger partial charge in [0.1, 0.15) is 17.6 Å². The van der Waals surface area contributed by atoms with E-state index in [1.54, 1.807) is 12.1 Å². The van der Waals surface area contributed by atoms with Gasteiger partial charge in [0.25, 0.3) is 0 Å². The molecule has 5 heteroatoms. The number of aromatic nitrogens is 1. The number of nitrogens with two attached hydrogens (primary N) is 1. The van der Waals surface area contributed by atoms with Crippen molar-refractivity contribution < 1.29 is 5.21 Å². The van der Waals surface area contributed by atoms with Crippen LogP contribution in [0.4, 0.5) is 0 Å². The van der Waals surface area contributed by atoms with E-state index in [1.807, 2.05) is 6.07 Å². The minimum absolute atomic E-state index is 0.107. The van der Waals surface area contributed by atoms with Crippen molar-refractivity contribution in [2.75, 3.05) is 0 Å². The van der Waals surface area contributed by atoms with Crippen molar-refractivity contribution >= 4 is 5.84 Å². The minimum atomic E-state index is 0.107. The van der Waals surface area contributed by atoms with E-state index in [0.717, 1.165) is 5.56 Å². The predicted molar refractivity (Wildman–Crippen MR) is 46.1 cm³/mol. The first-order chi connectivity index (χ1) is 6.26. The van der Waals surface area contributed by atoms with E-state index in [2.05, 4.69) is 10.1 Å². The molecule has 5 nitrogen and oxygen atoms in total. The van der Waals surface area contributed by atoms with Gasteiger partial charge in [-0.05, 0) is 17.7 Å². The van der Waals surface area contributed by atoms with Gasteiger partial charge in [0.2, 0.25) is 0 Å². The number of oxime groups is 1. The Bertz CT molecular complexity index is 367. The molecule has 3 N–H and O–H groups in total. The topological polar surface area (TPSA) is 95.3 Å². The van der Waals surface area contributed by atoms with Gasteiger partial charge < -0.3 is 10.9 Å². The van der Waals surface area contributed by atoms with E-state index in [-0.39, 0.29) is 5.84 Å². The van der Waals surface area contributed by atoms with Gasteiger partial charge in [-0.2, -0.15) is 5.26 Å². The van der Waals surface area contributed by atoms with Gasteiger partial charge in [-0.3, -0.25) is 0 Å². The second-order valence-electron chi connectivity index (χ2n) is 2.43. The molecule has 1 aromatic heterocycles. The highest BCUT2D eigenvalue weighted by Gasteiger charge is 1.98. The Morgan fingerprint density at radius 2 is 2.54 bits per heavy atom. The molecule has 0 radical (unpaired) electrons. The summed E-state index contributed by atoms with van der Waals surface area (Å²) in [6, 6.07) is 5.21. The maximum atomic E-state index is 8.53. The molecule has 0 atom stereocenters. The minimum Gasteiger partial charge on any atom is -0.409 e. The molecule has 0 bridgehead atoms. The highest BCUT2D eigenvalue weighted by molar-refractivity contribution is 5.82. The standard InChI is InChI=1S/C8H8N4O/c9-5-7-3-6(1-2-11-7)4-8(10)12-13/h1-3,13H,4H2,(H2,10,12). The summed E-state index contributed by atoms with van der Waals surface area (Å²) >= 11 is 0. The van der Waals surface area contributed by atoms with Gasteiger partial charge in [-0.1, -0.05) is 5.16 Å². The van der Waals surface area contributed by atoms with Crippen LogP contribution < -0.4 is 5.73 Å². The number of hydrogen-bond acceptors (Lipinski definition) is 4. The molecule has 0 fully saturated rings. The average Bonchev–Trinajstić information content (AvgIpc) is 2.18. The lowest BCUT2D eigenvalue weighted by Crippen LogP contribution is -2.14. The SMILES string of the molecule is N#Cc1cc(C/C(N)=N/O)ccn1. The second kappa shape index (κ2) is 4.07. The number of rotatable bonds is 2. The lowest BCUT2D eigenvalue weighted by molar-refractivity contribution is 0.317. The van der Waals surface area contributed by atoms with Gasteiger partial charge in [-0.25, -0.2) is 4.98 Å². The van der Waals surface area contributed by atoms with E-state index in [9.17, 15) is 0 Å². The van der Waals surface area contributed by atoms with Crippen LogP contribution in [0.15, 0.2) is 23.5 Å². The van der Waals surface area contributed by atoms with Gasteiger partial charge >= 0.3 is 0 Å². The van der Waals surface area contributed by atoms with Crippen molar-refractivity contribution in [2.45, 2.75) is 6.42 Å². The average molecular weight is 176 g/mol. The Balaban J connectivity index is 2.85. The Morgan fingerprint density at radius 1 is 1.77 bits per heavy atom. The Morgan fingerprint density at radius 3 is 3.15 bits per heavy atom. The first-order valence-corrected chi connectivity index (χ1v) is 3.57. The molecule has 0 amide bonds. The van der Waals surface area contributed by atoms with Crippen molar-refractivity contribution in [1.29, 1.82) is 5.26 Å². The van der Waals surface area contributed by atoms with Crippen LogP contribution in [0.25, 0.3) is 0 Å². The molecule has 66 valence electrons. The first-order valence-electron chi connectivity index (χ1n) is 3.57. The summed E-state index contributed by atoms with van der Waals surface area (Å²) in [7, 11) is 0. The molecule has 13 heavy (non-hydrogen) atoms. The highest BCUT2D eigenvalue weighted by Crippen LogP contribution is 2.01. The van der Waals surface area contributed by atoms with E-state index in [4.69, 9.17) is 16.2 Å². The molecule has 0 unspecified atom stereocenters. The van der Waals surface area contributed by atoms with Gasteiger partial charge in [0.15, 0.2) is 0 Å². The number of pyridine rings is 1. The molecule has 0 aromatic carbocycles. The van der Waals surface area contributed by atoms with Crippen LogP contribution in [0, 0.1) is 11.3 Å². The fraction of sp³-hybridized carbons (Fsp3) is 0.125. The molecule has 1 heterocycles. The van der Waals surface area contributed by atoms with Crippen LogP contribution in [0.5, 0.6) is 0 Å². The summed E-state index contributed by atoms with van der Waals surface area (Å²) in [4.78, 5) is 3.79. The fourth-order valence-corrected chi connectivity index (χ4v) is 0.890. The van der Waals surface area contributed by atoms with Crippen molar-refractivity contribution in [3.63, 3.8) is 0 Å². The van der Waals surface area contributed by atoms with Crippen molar-refractivity contribution in [2.24, 2.45) is 10.9 Å². The van der Waals surface area contributed by atoms with E-state index < -0.39 is 0 Å². The highest BCUT2D eigenvalue weighted by atomic mass is 16.4. The molecule has 0 saturated heterocycles. The quantitative estimate of drug-likeness (QED) is 0.292. The zero-order chi connectivity index (χ0) is 9.68. The van der Waals surface area contributed by atoms with E-state index >= 15 is 0 Å². The molecule has 1 aromatic rings. The summed E-state index contributed by atoms with van der Waals surface area (Å²) in [5.74, 6) is 0.107. The van der Waals surface area contributed by atoms with Crippen LogP contribution in [0.1, 0.15) is 11.3 Å². The molecule has 0 saturated carbocycles.